The number of pyridine rings is 1. The van der Waals surface area contributed by atoms with E-state index >= 15 is 0 Å². The van der Waals surface area contributed by atoms with E-state index in [4.69, 9.17) is 5.84 Å². The Balaban J connectivity index is 2.24. The first-order chi connectivity index (χ1) is 8.72. The second kappa shape index (κ2) is 5.10. The molecule has 2 aromatic rings. The number of aromatic nitrogens is 4. The van der Waals surface area contributed by atoms with Crippen LogP contribution in [-0.2, 0) is 0 Å². The molecule has 2 aromatic heterocycles. The fraction of sp³-hybridized carbons (Fsp3) is 0. The predicted molar refractivity (Wildman–Crippen MR) is 59.8 cm³/mol. The first kappa shape index (κ1) is 11.8. The molecule has 0 unspecified atom stereocenters. The van der Waals surface area contributed by atoms with Crippen LogP contribution in [0.3, 0.4) is 0 Å². The van der Waals surface area contributed by atoms with E-state index in [1.165, 1.54) is 24.7 Å². The lowest BCUT2D eigenvalue weighted by molar-refractivity contribution is 0.102. The Hall–Kier alpha value is -2.68. The van der Waals surface area contributed by atoms with Gasteiger partial charge in [-0.1, -0.05) is 0 Å². The topological polar surface area (TPSA) is 119 Å². The zero-order valence-corrected chi connectivity index (χ0v) is 8.96. The fourth-order valence-corrected chi connectivity index (χ4v) is 1.19. The number of nitrogen functional groups attached to an aromatic ring is 1. The number of nitrogens with two attached hydrogens (primary N) is 1. The van der Waals surface area contributed by atoms with Crippen LogP contribution in [0.25, 0.3) is 0 Å². The normalized spacial score (nSPS) is 9.89. The van der Waals surface area contributed by atoms with Crippen LogP contribution in [0.4, 0.5) is 16.2 Å². The van der Waals surface area contributed by atoms with Crippen molar-refractivity contribution in [1.82, 2.24) is 20.2 Å². The van der Waals surface area contributed by atoms with Gasteiger partial charge in [0.1, 0.15) is 0 Å². The molecule has 0 aromatic carbocycles. The lowest BCUT2D eigenvalue weighted by Crippen LogP contribution is -2.18. The van der Waals surface area contributed by atoms with Crippen LogP contribution in [0.15, 0.2) is 24.7 Å². The maximum absolute atomic E-state index is 13.7. The minimum atomic E-state index is -0.860. The SMILES string of the molecule is NNc1nccc(C(=O)Nc2nccnn2)c1F. The largest absolute Gasteiger partial charge is 0.306 e. The van der Waals surface area contributed by atoms with Crippen LogP contribution in [0.5, 0.6) is 0 Å². The van der Waals surface area contributed by atoms with Crippen molar-refractivity contribution in [2.45, 2.75) is 0 Å². The summed E-state index contributed by atoms with van der Waals surface area (Å²) in [6.07, 6.45) is 3.94. The maximum Gasteiger partial charge on any atom is 0.261 e. The van der Waals surface area contributed by atoms with Crippen molar-refractivity contribution in [1.29, 1.82) is 0 Å². The van der Waals surface area contributed by atoms with Gasteiger partial charge in [0.25, 0.3) is 5.91 Å². The number of hydrazine groups is 1. The summed E-state index contributed by atoms with van der Waals surface area (Å²) in [5, 5.41) is 9.36. The van der Waals surface area contributed by atoms with Gasteiger partial charge in [-0.3, -0.25) is 10.1 Å². The summed E-state index contributed by atoms with van der Waals surface area (Å²) in [4.78, 5) is 19.1. The summed E-state index contributed by atoms with van der Waals surface area (Å²) >= 11 is 0. The molecule has 0 aliphatic carbocycles. The summed E-state index contributed by atoms with van der Waals surface area (Å²) in [6, 6.07) is 1.21. The second-order valence-electron chi connectivity index (χ2n) is 3.09. The Kier molecular flexibility index (Phi) is 3.34. The highest BCUT2D eigenvalue weighted by Gasteiger charge is 2.16. The summed E-state index contributed by atoms with van der Waals surface area (Å²) in [7, 11) is 0. The quantitative estimate of drug-likeness (QED) is 0.515. The Labute approximate surface area is 100 Å². The number of rotatable bonds is 3. The molecule has 0 fully saturated rings. The molecule has 2 rings (SSSR count). The Morgan fingerprint density at radius 1 is 1.28 bits per heavy atom. The van der Waals surface area contributed by atoms with Crippen LogP contribution in [0.2, 0.25) is 0 Å². The number of hydrogen-bond donors (Lipinski definition) is 3. The van der Waals surface area contributed by atoms with Crippen LogP contribution in [0.1, 0.15) is 10.4 Å². The van der Waals surface area contributed by atoms with Crippen LogP contribution in [-0.4, -0.2) is 26.1 Å². The molecule has 0 aliphatic rings. The van der Waals surface area contributed by atoms with E-state index in [-0.39, 0.29) is 17.3 Å². The minimum absolute atomic E-state index is 0.0269. The average Bonchev–Trinajstić information content (AvgIpc) is 2.40. The first-order valence-corrected chi connectivity index (χ1v) is 4.78. The van der Waals surface area contributed by atoms with E-state index < -0.39 is 11.7 Å². The molecule has 1 amide bonds. The van der Waals surface area contributed by atoms with E-state index in [0.29, 0.717) is 0 Å². The molecule has 0 aliphatic heterocycles. The molecule has 0 radical (unpaired) electrons. The van der Waals surface area contributed by atoms with E-state index in [1.807, 2.05) is 5.43 Å². The summed E-state index contributed by atoms with van der Waals surface area (Å²) in [5.74, 6) is 3.22. The monoisotopic (exact) mass is 249 g/mol. The number of hydrogen-bond acceptors (Lipinski definition) is 7. The number of anilines is 2. The fourth-order valence-electron chi connectivity index (χ4n) is 1.19. The Morgan fingerprint density at radius 3 is 2.78 bits per heavy atom. The van der Waals surface area contributed by atoms with E-state index in [2.05, 4.69) is 25.5 Å². The van der Waals surface area contributed by atoms with Gasteiger partial charge in [-0.25, -0.2) is 20.2 Å². The van der Waals surface area contributed by atoms with Crippen molar-refractivity contribution < 1.29 is 9.18 Å². The average molecular weight is 249 g/mol. The molecule has 8 nitrogen and oxygen atoms in total. The highest BCUT2D eigenvalue weighted by atomic mass is 19.1. The highest BCUT2D eigenvalue weighted by Crippen LogP contribution is 2.14. The van der Waals surface area contributed by atoms with Crippen molar-refractivity contribution in [3.05, 3.63) is 36.0 Å². The minimum Gasteiger partial charge on any atom is -0.306 e. The third-order valence-electron chi connectivity index (χ3n) is 1.98. The maximum atomic E-state index is 13.7. The van der Waals surface area contributed by atoms with Crippen molar-refractivity contribution in [2.75, 3.05) is 10.7 Å². The van der Waals surface area contributed by atoms with Gasteiger partial charge in [-0.15, -0.1) is 5.10 Å². The van der Waals surface area contributed by atoms with Crippen molar-refractivity contribution in [3.8, 4) is 0 Å². The molecule has 0 atom stereocenters. The van der Waals surface area contributed by atoms with Gasteiger partial charge in [0.05, 0.1) is 18.0 Å². The molecular weight excluding hydrogens is 241 g/mol. The van der Waals surface area contributed by atoms with Gasteiger partial charge in [0.2, 0.25) is 5.95 Å². The number of nitrogens with one attached hydrogen (secondary N) is 2. The van der Waals surface area contributed by atoms with E-state index in [9.17, 15) is 9.18 Å². The van der Waals surface area contributed by atoms with Gasteiger partial charge < -0.3 is 5.43 Å². The van der Waals surface area contributed by atoms with Gasteiger partial charge in [0, 0.05) is 6.20 Å². The summed E-state index contributed by atoms with van der Waals surface area (Å²) in [6.45, 7) is 0. The molecule has 92 valence electrons. The molecule has 0 spiro atoms. The highest BCUT2D eigenvalue weighted by molar-refractivity contribution is 6.03. The lowest BCUT2D eigenvalue weighted by atomic mass is 10.2. The molecule has 18 heavy (non-hydrogen) atoms. The van der Waals surface area contributed by atoms with Gasteiger partial charge in [-0.05, 0) is 6.07 Å². The standard InChI is InChI=1S/C9H8FN7O/c10-6-5(1-2-12-7(6)16-11)8(18)15-9-13-3-4-14-17-9/h1-4H,11H2,(H,12,16)(H,13,15,17,18). The molecule has 0 saturated carbocycles. The van der Waals surface area contributed by atoms with Gasteiger partial charge in [0.15, 0.2) is 11.6 Å². The number of halogens is 1. The third-order valence-corrected chi connectivity index (χ3v) is 1.98. The first-order valence-electron chi connectivity index (χ1n) is 4.78. The van der Waals surface area contributed by atoms with Crippen LogP contribution in [0, 0.1) is 5.82 Å². The van der Waals surface area contributed by atoms with Crippen molar-refractivity contribution in [2.24, 2.45) is 5.84 Å². The molecular formula is C9H8FN7O. The molecule has 0 saturated heterocycles. The van der Waals surface area contributed by atoms with Gasteiger partial charge in [-0.2, -0.15) is 5.10 Å². The van der Waals surface area contributed by atoms with Crippen LogP contribution < -0.4 is 16.6 Å². The zero-order valence-electron chi connectivity index (χ0n) is 8.96. The van der Waals surface area contributed by atoms with Crippen LogP contribution >= 0.6 is 0 Å². The Morgan fingerprint density at radius 2 is 2.11 bits per heavy atom. The number of carbonyl (C=O) groups excluding carboxylic acids is 1. The lowest BCUT2D eigenvalue weighted by Gasteiger charge is -2.06. The summed E-state index contributed by atoms with van der Waals surface area (Å²) < 4.78 is 13.7. The smallest absolute Gasteiger partial charge is 0.261 e. The predicted octanol–water partition coefficient (Wildman–Crippen LogP) is -0.0564. The number of carbonyl (C=O) groups is 1. The zero-order chi connectivity index (χ0) is 13.0. The number of nitrogens with zero attached hydrogens (tertiary/aromatic N) is 4. The second-order valence-corrected chi connectivity index (χ2v) is 3.09. The summed E-state index contributed by atoms with van der Waals surface area (Å²) in [5.41, 5.74) is 1.81. The molecule has 2 heterocycles. The van der Waals surface area contributed by atoms with Crippen molar-refractivity contribution in [3.63, 3.8) is 0 Å². The molecule has 9 heteroatoms. The molecule has 0 bridgehead atoms. The van der Waals surface area contributed by atoms with E-state index in [0.717, 1.165) is 0 Å². The van der Waals surface area contributed by atoms with E-state index in [1.54, 1.807) is 0 Å². The molecule has 4 N–H and O–H groups in total. The Bertz CT molecular complexity index is 562. The number of amides is 1. The van der Waals surface area contributed by atoms with Crippen molar-refractivity contribution >= 4 is 17.7 Å². The van der Waals surface area contributed by atoms with Gasteiger partial charge >= 0.3 is 0 Å². The third kappa shape index (κ3) is 2.35.